The Labute approximate surface area is 184 Å². The fraction of sp³-hybridized carbons (Fsp3) is 0.125. The normalized spacial score (nSPS) is 11.9. The van der Waals surface area contributed by atoms with Gasteiger partial charge in [-0.25, -0.2) is 4.79 Å². The number of pyridine rings is 1. The third-order valence-corrected chi connectivity index (χ3v) is 5.38. The first-order valence-corrected chi connectivity index (χ1v) is 10.1. The lowest BCUT2D eigenvalue weighted by Gasteiger charge is -2.15. The minimum atomic E-state index is -1.04. The highest BCUT2D eigenvalue weighted by atomic mass is 35.5. The highest BCUT2D eigenvalue weighted by Gasteiger charge is 2.17. The predicted octanol–water partition coefficient (Wildman–Crippen LogP) is 4.93. The average molecular weight is 434 g/mol. The Morgan fingerprint density at radius 1 is 1.10 bits per heavy atom. The first-order chi connectivity index (χ1) is 14.9. The predicted molar refractivity (Wildman–Crippen MR) is 120 cm³/mol. The molecule has 0 saturated carbocycles. The molecule has 1 atom stereocenters. The third-order valence-electron chi connectivity index (χ3n) is 5.12. The average Bonchev–Trinajstić information content (AvgIpc) is 3.18. The summed E-state index contributed by atoms with van der Waals surface area (Å²) >= 11 is 5.98. The number of carboxylic acid groups (broad SMARTS) is 1. The highest BCUT2D eigenvalue weighted by Crippen LogP contribution is 2.23. The van der Waals surface area contributed by atoms with E-state index in [2.05, 4.69) is 10.3 Å². The van der Waals surface area contributed by atoms with Gasteiger partial charge in [0.1, 0.15) is 0 Å². The number of halogens is 1. The van der Waals surface area contributed by atoms with Gasteiger partial charge in [-0.3, -0.25) is 9.78 Å². The molecular formula is C24H20ClN3O3. The lowest BCUT2D eigenvalue weighted by Crippen LogP contribution is -2.27. The van der Waals surface area contributed by atoms with Crippen LogP contribution in [0.15, 0.2) is 73.1 Å². The van der Waals surface area contributed by atoms with Crippen LogP contribution < -0.4 is 5.32 Å². The molecule has 31 heavy (non-hydrogen) atoms. The van der Waals surface area contributed by atoms with Crippen LogP contribution in [0.5, 0.6) is 0 Å². The molecule has 6 nitrogen and oxygen atoms in total. The Balaban J connectivity index is 1.59. The van der Waals surface area contributed by atoms with Gasteiger partial charge in [0.25, 0.3) is 5.91 Å². The number of amides is 1. The van der Waals surface area contributed by atoms with Crippen LogP contribution in [0.1, 0.15) is 44.9 Å². The summed E-state index contributed by atoms with van der Waals surface area (Å²) in [6.07, 6.45) is 3.25. The van der Waals surface area contributed by atoms with Crippen molar-refractivity contribution in [1.82, 2.24) is 14.9 Å². The van der Waals surface area contributed by atoms with E-state index in [0.717, 1.165) is 16.5 Å². The van der Waals surface area contributed by atoms with E-state index in [1.165, 1.54) is 12.3 Å². The molecule has 156 valence electrons. The van der Waals surface area contributed by atoms with Gasteiger partial charge in [-0.05, 0) is 48.9 Å². The van der Waals surface area contributed by atoms with Crippen LogP contribution in [-0.2, 0) is 6.54 Å². The number of carboxylic acids is 1. The number of aromatic carboxylic acids is 1. The van der Waals surface area contributed by atoms with Gasteiger partial charge in [0.2, 0.25) is 0 Å². The van der Waals surface area contributed by atoms with Crippen LogP contribution in [-0.4, -0.2) is 26.5 Å². The Hall–Kier alpha value is -3.64. The van der Waals surface area contributed by atoms with Gasteiger partial charge in [-0.15, -0.1) is 0 Å². The van der Waals surface area contributed by atoms with E-state index in [-0.39, 0.29) is 17.5 Å². The first kappa shape index (κ1) is 20.6. The number of nitrogens with zero attached hydrogens (tertiary/aromatic N) is 2. The number of aromatic nitrogens is 2. The number of rotatable bonds is 6. The summed E-state index contributed by atoms with van der Waals surface area (Å²) in [5, 5.41) is 13.6. The topological polar surface area (TPSA) is 84.2 Å². The molecule has 4 aromatic rings. The summed E-state index contributed by atoms with van der Waals surface area (Å²) in [6, 6.07) is 17.9. The highest BCUT2D eigenvalue weighted by molar-refractivity contribution is 6.30. The number of carbonyl (C=O) groups excluding carboxylic acids is 1. The molecule has 1 unspecified atom stereocenters. The molecule has 2 N–H and O–H groups in total. The molecule has 2 aromatic carbocycles. The number of hydrogen-bond donors (Lipinski definition) is 2. The van der Waals surface area contributed by atoms with Crippen molar-refractivity contribution in [2.75, 3.05) is 0 Å². The molecule has 0 saturated heterocycles. The van der Waals surface area contributed by atoms with E-state index in [9.17, 15) is 9.59 Å². The number of para-hydroxylation sites is 1. The largest absolute Gasteiger partial charge is 0.478 e. The van der Waals surface area contributed by atoms with E-state index in [4.69, 9.17) is 16.7 Å². The fourth-order valence-corrected chi connectivity index (χ4v) is 3.62. The van der Waals surface area contributed by atoms with Crippen molar-refractivity contribution in [2.45, 2.75) is 19.5 Å². The van der Waals surface area contributed by atoms with E-state index >= 15 is 0 Å². The summed E-state index contributed by atoms with van der Waals surface area (Å²) in [6.45, 7) is 2.42. The van der Waals surface area contributed by atoms with Crippen LogP contribution in [0, 0.1) is 0 Å². The second-order valence-electron chi connectivity index (χ2n) is 7.29. The molecule has 0 spiro atoms. The summed E-state index contributed by atoms with van der Waals surface area (Å²) in [5.74, 6) is -1.26. The fourth-order valence-electron chi connectivity index (χ4n) is 3.50. The van der Waals surface area contributed by atoms with Gasteiger partial charge in [0.05, 0.1) is 28.4 Å². The maximum atomic E-state index is 13.1. The molecule has 0 bridgehead atoms. The number of carbonyl (C=O) groups is 2. The zero-order valence-corrected chi connectivity index (χ0v) is 17.5. The Morgan fingerprint density at radius 2 is 1.87 bits per heavy atom. The molecule has 2 heterocycles. The van der Waals surface area contributed by atoms with Crippen molar-refractivity contribution in [1.29, 1.82) is 0 Å². The lowest BCUT2D eigenvalue weighted by atomic mass is 10.1. The summed E-state index contributed by atoms with van der Waals surface area (Å²) < 4.78 is 2.04. The lowest BCUT2D eigenvalue weighted by molar-refractivity contribution is 0.0696. The first-order valence-electron chi connectivity index (χ1n) is 9.75. The van der Waals surface area contributed by atoms with E-state index in [0.29, 0.717) is 22.8 Å². The molecule has 1 amide bonds. The molecule has 0 aliphatic rings. The molecule has 0 radical (unpaired) electrons. The monoisotopic (exact) mass is 433 g/mol. The molecule has 2 aromatic heterocycles. The minimum absolute atomic E-state index is 0.104. The maximum absolute atomic E-state index is 13.1. The molecular weight excluding hydrogens is 414 g/mol. The zero-order valence-electron chi connectivity index (χ0n) is 16.7. The summed E-state index contributed by atoms with van der Waals surface area (Å²) in [7, 11) is 0. The van der Waals surface area contributed by atoms with Gasteiger partial charge in [-0.1, -0.05) is 35.9 Å². The number of benzene rings is 2. The Morgan fingerprint density at radius 3 is 2.55 bits per heavy atom. The van der Waals surface area contributed by atoms with E-state index < -0.39 is 5.97 Å². The van der Waals surface area contributed by atoms with E-state index in [1.807, 2.05) is 60.2 Å². The van der Waals surface area contributed by atoms with Crippen molar-refractivity contribution >= 4 is 34.4 Å². The van der Waals surface area contributed by atoms with Crippen LogP contribution in [0.3, 0.4) is 0 Å². The van der Waals surface area contributed by atoms with Gasteiger partial charge < -0.3 is 15.0 Å². The Bertz CT molecular complexity index is 1250. The molecule has 4 rings (SSSR count). The smallest absolute Gasteiger partial charge is 0.337 e. The summed E-state index contributed by atoms with van der Waals surface area (Å²) in [5.41, 5.74) is 3.17. The van der Waals surface area contributed by atoms with Crippen molar-refractivity contribution in [3.8, 4) is 0 Å². The molecule has 0 aliphatic carbocycles. The molecule has 7 heteroatoms. The van der Waals surface area contributed by atoms with Crippen molar-refractivity contribution in [2.24, 2.45) is 0 Å². The minimum Gasteiger partial charge on any atom is -0.478 e. The van der Waals surface area contributed by atoms with Crippen molar-refractivity contribution in [3.63, 3.8) is 0 Å². The van der Waals surface area contributed by atoms with Gasteiger partial charge >= 0.3 is 5.97 Å². The second-order valence-corrected chi connectivity index (χ2v) is 7.72. The van der Waals surface area contributed by atoms with Gasteiger partial charge in [0, 0.05) is 29.3 Å². The summed E-state index contributed by atoms with van der Waals surface area (Å²) in [4.78, 5) is 28.3. The number of fused-ring (bicyclic) bond motifs is 1. The van der Waals surface area contributed by atoms with Crippen molar-refractivity contribution in [3.05, 3.63) is 100 Å². The van der Waals surface area contributed by atoms with Gasteiger partial charge in [0.15, 0.2) is 0 Å². The molecule has 0 aliphatic heterocycles. The van der Waals surface area contributed by atoms with Crippen LogP contribution in [0.2, 0.25) is 5.02 Å². The second kappa shape index (κ2) is 8.62. The van der Waals surface area contributed by atoms with Crippen LogP contribution >= 0.6 is 11.6 Å². The third kappa shape index (κ3) is 4.44. The van der Waals surface area contributed by atoms with Crippen LogP contribution in [0.4, 0.5) is 0 Å². The van der Waals surface area contributed by atoms with Crippen LogP contribution in [0.25, 0.3) is 10.9 Å². The quantitative estimate of drug-likeness (QED) is 0.451. The number of hydrogen-bond acceptors (Lipinski definition) is 3. The van der Waals surface area contributed by atoms with Crippen molar-refractivity contribution < 1.29 is 14.7 Å². The number of nitrogens with one attached hydrogen (secondary N) is 1. The maximum Gasteiger partial charge on any atom is 0.337 e. The van der Waals surface area contributed by atoms with E-state index in [1.54, 1.807) is 12.1 Å². The SMILES string of the molecule is CC(NC(=O)c1cccc2ccn(Cc3ccc(Cl)cc3)c12)c1ccc(C(=O)O)cn1. The molecule has 0 fully saturated rings. The standard InChI is InChI=1S/C24H20ClN3O3/c1-15(21-10-7-18(13-26-21)24(30)31)27-23(29)20-4-2-3-17-11-12-28(22(17)20)14-16-5-8-19(25)9-6-16/h2-13,15H,14H2,1H3,(H,27,29)(H,30,31). The Kier molecular flexibility index (Phi) is 5.73. The van der Waals surface area contributed by atoms with Gasteiger partial charge in [-0.2, -0.15) is 0 Å². The zero-order chi connectivity index (χ0) is 22.0.